The van der Waals surface area contributed by atoms with Crippen molar-refractivity contribution in [3.8, 4) is 0 Å². The number of hydrogen-bond donors (Lipinski definition) is 0. The van der Waals surface area contributed by atoms with Gasteiger partial charge in [0.25, 0.3) is 9.05 Å². The summed E-state index contributed by atoms with van der Waals surface area (Å²) in [7, 11) is 1.71. The second-order valence-electron chi connectivity index (χ2n) is 3.35. The molecule has 0 fully saturated rings. The van der Waals surface area contributed by atoms with Crippen LogP contribution >= 0.6 is 22.0 Å². The molecule has 0 amide bonds. The van der Waals surface area contributed by atoms with Gasteiger partial charge in [-0.15, -0.1) is 11.3 Å². The normalized spacial score (nSPS) is 12.4. The Morgan fingerprint density at radius 3 is 2.62 bits per heavy atom. The van der Waals surface area contributed by atoms with Crippen molar-refractivity contribution >= 4 is 36.0 Å². The fourth-order valence-electron chi connectivity index (χ4n) is 1.66. The third-order valence-corrected chi connectivity index (χ3v) is 4.58. The highest BCUT2D eigenvalue weighted by Gasteiger charge is 2.24. The molecule has 0 aliphatic rings. The Kier molecular flexibility index (Phi) is 2.98. The number of aryl methyl sites for hydroxylation is 2. The highest BCUT2D eigenvalue weighted by molar-refractivity contribution is 8.13. The van der Waals surface area contributed by atoms with Crippen LogP contribution < -0.4 is 0 Å². The van der Waals surface area contributed by atoms with Crippen LogP contribution in [0.5, 0.6) is 0 Å². The van der Waals surface area contributed by atoms with Crippen molar-refractivity contribution in [2.45, 2.75) is 31.7 Å². The predicted molar refractivity (Wildman–Crippen MR) is 64.9 cm³/mol. The lowest BCUT2D eigenvalue weighted by atomic mass is 10.3. The van der Waals surface area contributed by atoms with Crippen LogP contribution in [0.1, 0.15) is 25.2 Å². The first-order valence-electron chi connectivity index (χ1n) is 4.91. The van der Waals surface area contributed by atoms with Gasteiger partial charge in [-0.1, -0.05) is 13.8 Å². The molecule has 0 unspecified atom stereocenters. The minimum Gasteiger partial charge on any atom is -0.277 e. The lowest BCUT2D eigenvalue weighted by molar-refractivity contribution is 0.603. The zero-order valence-corrected chi connectivity index (χ0v) is 11.3. The Balaban J connectivity index is 2.89. The lowest BCUT2D eigenvalue weighted by Crippen LogP contribution is -2.02. The first-order chi connectivity index (χ1) is 7.49. The molecule has 4 nitrogen and oxygen atoms in total. The highest BCUT2D eigenvalue weighted by Crippen LogP contribution is 2.27. The van der Waals surface area contributed by atoms with E-state index in [1.54, 1.807) is 4.40 Å². The standard InChI is InChI=1S/C9H11ClN2O2S2/c1-3-6-5-15-9-11-7(4-2)8(12(6)9)16(10,13)14/h5H,3-4H2,1-2H3. The molecule has 0 aromatic carbocycles. The van der Waals surface area contributed by atoms with E-state index in [2.05, 4.69) is 4.98 Å². The highest BCUT2D eigenvalue weighted by atomic mass is 35.7. The Bertz CT molecular complexity index is 627. The van der Waals surface area contributed by atoms with Crippen LogP contribution in [0.3, 0.4) is 0 Å². The molecule has 0 aliphatic heterocycles. The average Bonchev–Trinajstić information content (AvgIpc) is 2.72. The molecule has 2 aromatic heterocycles. The van der Waals surface area contributed by atoms with E-state index < -0.39 is 9.05 Å². The zero-order chi connectivity index (χ0) is 11.9. The summed E-state index contributed by atoms with van der Waals surface area (Å²) in [5, 5.41) is 2.04. The summed E-state index contributed by atoms with van der Waals surface area (Å²) in [4.78, 5) is 4.97. The van der Waals surface area contributed by atoms with Gasteiger partial charge in [0.05, 0.1) is 5.69 Å². The summed E-state index contributed by atoms with van der Waals surface area (Å²) in [6, 6.07) is 0. The predicted octanol–water partition coefficient (Wildman–Crippen LogP) is 2.45. The van der Waals surface area contributed by atoms with Crippen molar-refractivity contribution in [2.24, 2.45) is 0 Å². The van der Waals surface area contributed by atoms with Crippen LogP contribution in [0.25, 0.3) is 4.96 Å². The van der Waals surface area contributed by atoms with Gasteiger partial charge in [0, 0.05) is 21.8 Å². The third-order valence-electron chi connectivity index (χ3n) is 2.39. The minimum atomic E-state index is -3.75. The smallest absolute Gasteiger partial charge is 0.277 e. The molecule has 2 aromatic rings. The topological polar surface area (TPSA) is 51.4 Å². The molecule has 0 saturated heterocycles. The maximum absolute atomic E-state index is 11.6. The first kappa shape index (κ1) is 11.9. The van der Waals surface area contributed by atoms with E-state index in [1.807, 2.05) is 19.2 Å². The van der Waals surface area contributed by atoms with Crippen molar-refractivity contribution < 1.29 is 8.42 Å². The van der Waals surface area contributed by atoms with Gasteiger partial charge in [-0.05, 0) is 12.8 Å². The summed E-state index contributed by atoms with van der Waals surface area (Å²) in [6.07, 6.45) is 1.30. The molecular weight excluding hydrogens is 268 g/mol. The van der Waals surface area contributed by atoms with E-state index in [9.17, 15) is 8.42 Å². The monoisotopic (exact) mass is 278 g/mol. The Hall–Kier alpha value is -0.590. The number of nitrogens with zero attached hydrogens (tertiary/aromatic N) is 2. The molecule has 88 valence electrons. The SMILES string of the molecule is CCc1nc2scc(CC)n2c1S(=O)(=O)Cl. The molecule has 0 N–H and O–H groups in total. The van der Waals surface area contributed by atoms with Gasteiger partial charge in [0.2, 0.25) is 0 Å². The van der Waals surface area contributed by atoms with Gasteiger partial charge in [0.1, 0.15) is 0 Å². The summed E-state index contributed by atoms with van der Waals surface area (Å²) >= 11 is 1.43. The fourth-order valence-corrected chi connectivity index (χ4v) is 4.07. The third kappa shape index (κ3) is 1.74. The van der Waals surface area contributed by atoms with Crippen molar-refractivity contribution in [1.29, 1.82) is 0 Å². The fraction of sp³-hybridized carbons (Fsp3) is 0.444. The van der Waals surface area contributed by atoms with Gasteiger partial charge in [-0.3, -0.25) is 4.40 Å². The van der Waals surface area contributed by atoms with E-state index in [1.165, 1.54) is 11.3 Å². The van der Waals surface area contributed by atoms with Crippen LogP contribution in [0.4, 0.5) is 0 Å². The maximum atomic E-state index is 11.6. The second-order valence-corrected chi connectivity index (χ2v) is 6.67. The van der Waals surface area contributed by atoms with Crippen LogP contribution in [0.15, 0.2) is 10.4 Å². The Morgan fingerprint density at radius 1 is 1.44 bits per heavy atom. The van der Waals surface area contributed by atoms with Gasteiger partial charge < -0.3 is 0 Å². The molecule has 0 radical (unpaired) electrons. The molecular formula is C9H11ClN2O2S2. The van der Waals surface area contributed by atoms with E-state index >= 15 is 0 Å². The molecule has 0 aliphatic carbocycles. The summed E-state index contributed by atoms with van der Waals surface area (Å²) < 4.78 is 24.8. The number of thiazole rings is 1. The van der Waals surface area contributed by atoms with Gasteiger partial charge in [-0.25, -0.2) is 13.4 Å². The average molecular weight is 279 g/mol. The van der Waals surface area contributed by atoms with Crippen molar-refractivity contribution in [1.82, 2.24) is 9.38 Å². The molecule has 16 heavy (non-hydrogen) atoms. The summed E-state index contributed by atoms with van der Waals surface area (Å²) in [5.74, 6) is 0. The second kappa shape index (κ2) is 4.01. The molecule has 0 bridgehead atoms. The van der Waals surface area contributed by atoms with Crippen molar-refractivity contribution in [3.05, 3.63) is 16.8 Å². The Morgan fingerprint density at radius 2 is 2.12 bits per heavy atom. The van der Waals surface area contributed by atoms with Crippen LogP contribution in [-0.2, 0) is 21.9 Å². The number of fused-ring (bicyclic) bond motifs is 1. The largest absolute Gasteiger partial charge is 0.279 e. The van der Waals surface area contributed by atoms with Gasteiger partial charge in [-0.2, -0.15) is 0 Å². The van der Waals surface area contributed by atoms with Crippen molar-refractivity contribution in [2.75, 3.05) is 0 Å². The van der Waals surface area contributed by atoms with E-state index in [0.717, 1.165) is 12.1 Å². The van der Waals surface area contributed by atoms with Crippen LogP contribution in [0, 0.1) is 0 Å². The zero-order valence-electron chi connectivity index (χ0n) is 8.90. The number of halogens is 1. The van der Waals surface area contributed by atoms with E-state index in [-0.39, 0.29) is 5.03 Å². The van der Waals surface area contributed by atoms with Gasteiger partial charge >= 0.3 is 0 Å². The maximum Gasteiger partial charge on any atom is 0.279 e. The summed E-state index contributed by atoms with van der Waals surface area (Å²) in [5.41, 5.74) is 1.46. The first-order valence-corrected chi connectivity index (χ1v) is 8.10. The number of rotatable bonds is 3. The van der Waals surface area contributed by atoms with E-state index in [0.29, 0.717) is 17.1 Å². The minimum absolute atomic E-state index is 0.129. The van der Waals surface area contributed by atoms with Crippen LogP contribution in [-0.4, -0.2) is 17.8 Å². The van der Waals surface area contributed by atoms with Crippen molar-refractivity contribution in [3.63, 3.8) is 0 Å². The number of imidazole rings is 1. The molecule has 0 saturated carbocycles. The lowest BCUT2D eigenvalue weighted by Gasteiger charge is -2.00. The molecule has 2 rings (SSSR count). The molecule has 2 heterocycles. The Labute approximate surface area is 102 Å². The van der Waals surface area contributed by atoms with Crippen LogP contribution in [0.2, 0.25) is 0 Å². The number of hydrogen-bond acceptors (Lipinski definition) is 4. The molecule has 7 heteroatoms. The molecule has 0 atom stereocenters. The van der Waals surface area contributed by atoms with Gasteiger partial charge in [0.15, 0.2) is 9.99 Å². The molecule has 0 spiro atoms. The van der Waals surface area contributed by atoms with E-state index in [4.69, 9.17) is 10.7 Å². The quantitative estimate of drug-likeness (QED) is 0.811. The summed E-state index contributed by atoms with van der Waals surface area (Å²) in [6.45, 7) is 3.83. The number of aromatic nitrogens is 2.